The van der Waals surface area contributed by atoms with Crippen molar-refractivity contribution in [2.45, 2.75) is 24.8 Å². The minimum Gasteiger partial charge on any atom is -0.354 e. The summed E-state index contributed by atoms with van der Waals surface area (Å²) in [4.78, 5) is 28.3. The SMILES string of the molecule is Cc1ccc(C(=O)N2C(C(=O)NCCc3ccc(Cl)cc3Cl)CSC2c2ccc(F)cc2)cc1. The van der Waals surface area contributed by atoms with Crippen LogP contribution in [-0.4, -0.2) is 35.1 Å². The minimum atomic E-state index is -0.658. The lowest BCUT2D eigenvalue weighted by atomic mass is 10.1. The van der Waals surface area contributed by atoms with E-state index in [1.165, 1.54) is 23.9 Å². The number of halogens is 3. The Morgan fingerprint density at radius 1 is 1.06 bits per heavy atom. The van der Waals surface area contributed by atoms with Gasteiger partial charge in [0.2, 0.25) is 5.91 Å². The van der Waals surface area contributed by atoms with E-state index in [0.29, 0.717) is 34.3 Å². The van der Waals surface area contributed by atoms with Crippen LogP contribution in [0.25, 0.3) is 0 Å². The monoisotopic (exact) mass is 516 g/mol. The molecule has 1 aliphatic heterocycles. The van der Waals surface area contributed by atoms with Crippen LogP contribution in [0.15, 0.2) is 66.7 Å². The number of benzene rings is 3. The molecule has 2 unspecified atom stereocenters. The normalized spacial score (nSPS) is 17.6. The molecule has 34 heavy (non-hydrogen) atoms. The van der Waals surface area contributed by atoms with E-state index in [4.69, 9.17) is 23.2 Å². The highest BCUT2D eigenvalue weighted by Crippen LogP contribution is 2.42. The van der Waals surface area contributed by atoms with Crippen LogP contribution in [-0.2, 0) is 11.2 Å². The maximum absolute atomic E-state index is 13.5. The van der Waals surface area contributed by atoms with E-state index in [1.54, 1.807) is 41.3 Å². The van der Waals surface area contributed by atoms with Crippen molar-refractivity contribution in [3.8, 4) is 0 Å². The highest BCUT2D eigenvalue weighted by atomic mass is 35.5. The molecule has 4 nitrogen and oxygen atoms in total. The molecule has 0 saturated carbocycles. The molecule has 176 valence electrons. The molecule has 2 atom stereocenters. The average molecular weight is 517 g/mol. The van der Waals surface area contributed by atoms with Crippen molar-refractivity contribution in [1.29, 1.82) is 0 Å². The molecule has 3 aromatic carbocycles. The van der Waals surface area contributed by atoms with Crippen LogP contribution in [0.5, 0.6) is 0 Å². The Balaban J connectivity index is 1.53. The van der Waals surface area contributed by atoms with Gasteiger partial charge in [-0.05, 0) is 60.9 Å². The molecule has 4 rings (SSSR count). The Morgan fingerprint density at radius 2 is 1.76 bits per heavy atom. The van der Waals surface area contributed by atoms with Gasteiger partial charge in [-0.25, -0.2) is 4.39 Å². The van der Waals surface area contributed by atoms with Crippen molar-refractivity contribution in [3.05, 3.63) is 105 Å². The lowest BCUT2D eigenvalue weighted by Crippen LogP contribution is -2.48. The quantitative estimate of drug-likeness (QED) is 0.433. The molecule has 1 N–H and O–H groups in total. The summed E-state index contributed by atoms with van der Waals surface area (Å²) in [6.07, 6.45) is 0.537. The van der Waals surface area contributed by atoms with Crippen LogP contribution in [0.3, 0.4) is 0 Å². The summed E-state index contributed by atoms with van der Waals surface area (Å²) in [5.74, 6) is -0.381. The van der Waals surface area contributed by atoms with Crippen LogP contribution in [0, 0.1) is 12.7 Å². The number of carbonyl (C=O) groups is 2. The van der Waals surface area contributed by atoms with Gasteiger partial charge < -0.3 is 10.2 Å². The first kappa shape index (κ1) is 24.6. The Labute approximate surface area is 212 Å². The maximum atomic E-state index is 13.5. The predicted octanol–water partition coefficient (Wildman–Crippen LogP) is 6.06. The largest absolute Gasteiger partial charge is 0.354 e. The zero-order valence-electron chi connectivity index (χ0n) is 18.4. The fourth-order valence-electron chi connectivity index (χ4n) is 3.85. The summed E-state index contributed by atoms with van der Waals surface area (Å²) in [5, 5.41) is 3.65. The van der Waals surface area contributed by atoms with E-state index in [0.717, 1.165) is 16.7 Å². The smallest absolute Gasteiger partial charge is 0.255 e. The Hall–Kier alpha value is -2.54. The lowest BCUT2D eigenvalue weighted by Gasteiger charge is -2.29. The van der Waals surface area contributed by atoms with Crippen LogP contribution >= 0.6 is 35.0 Å². The van der Waals surface area contributed by atoms with Crippen molar-refractivity contribution in [3.63, 3.8) is 0 Å². The summed E-state index contributed by atoms with van der Waals surface area (Å²) in [5.41, 5.74) is 3.20. The van der Waals surface area contributed by atoms with Gasteiger partial charge in [0.1, 0.15) is 17.2 Å². The van der Waals surface area contributed by atoms with Crippen LogP contribution in [0.4, 0.5) is 4.39 Å². The number of hydrogen-bond donors (Lipinski definition) is 1. The maximum Gasteiger partial charge on any atom is 0.255 e. The molecule has 8 heteroatoms. The molecule has 0 bridgehead atoms. The summed E-state index contributed by atoms with van der Waals surface area (Å²) in [7, 11) is 0. The van der Waals surface area contributed by atoms with E-state index >= 15 is 0 Å². The molecule has 0 aromatic heterocycles. The van der Waals surface area contributed by atoms with Gasteiger partial charge in [-0.2, -0.15) is 0 Å². The second kappa shape index (κ2) is 10.8. The van der Waals surface area contributed by atoms with Gasteiger partial charge in [-0.3, -0.25) is 9.59 Å². The van der Waals surface area contributed by atoms with Gasteiger partial charge in [0.15, 0.2) is 0 Å². The van der Waals surface area contributed by atoms with Crippen molar-refractivity contribution in [1.82, 2.24) is 10.2 Å². The number of aryl methyl sites for hydroxylation is 1. The number of amides is 2. The van der Waals surface area contributed by atoms with Crippen molar-refractivity contribution >= 4 is 46.8 Å². The summed E-state index contributed by atoms with van der Waals surface area (Å²) in [6.45, 7) is 2.32. The van der Waals surface area contributed by atoms with Crippen molar-refractivity contribution < 1.29 is 14.0 Å². The average Bonchev–Trinajstić information content (AvgIpc) is 3.26. The van der Waals surface area contributed by atoms with Crippen molar-refractivity contribution in [2.75, 3.05) is 12.3 Å². The Kier molecular flexibility index (Phi) is 7.81. The number of carbonyl (C=O) groups excluding carboxylic acids is 2. The van der Waals surface area contributed by atoms with E-state index in [9.17, 15) is 14.0 Å². The van der Waals surface area contributed by atoms with Crippen LogP contribution in [0.2, 0.25) is 10.0 Å². The molecule has 1 fully saturated rings. The Bertz CT molecular complexity index is 1190. The third-order valence-electron chi connectivity index (χ3n) is 5.70. The molecule has 1 aliphatic rings. The zero-order valence-corrected chi connectivity index (χ0v) is 20.8. The van der Waals surface area contributed by atoms with E-state index < -0.39 is 11.4 Å². The van der Waals surface area contributed by atoms with Gasteiger partial charge in [-0.1, -0.05) is 59.1 Å². The lowest BCUT2D eigenvalue weighted by molar-refractivity contribution is -0.124. The first-order valence-electron chi connectivity index (χ1n) is 10.8. The van der Waals surface area contributed by atoms with Gasteiger partial charge in [0.05, 0.1) is 0 Å². The number of rotatable bonds is 6. The molecule has 2 amide bonds. The van der Waals surface area contributed by atoms with E-state index in [-0.39, 0.29) is 17.6 Å². The second-order valence-corrected chi connectivity index (χ2v) is 10.1. The number of hydrogen-bond acceptors (Lipinski definition) is 3. The second-order valence-electron chi connectivity index (χ2n) is 8.11. The number of thioether (sulfide) groups is 1. The Morgan fingerprint density at radius 3 is 2.44 bits per heavy atom. The minimum absolute atomic E-state index is 0.234. The molecule has 1 saturated heterocycles. The van der Waals surface area contributed by atoms with Gasteiger partial charge in [-0.15, -0.1) is 11.8 Å². The molecule has 0 radical (unpaired) electrons. The zero-order chi connectivity index (χ0) is 24.2. The van der Waals surface area contributed by atoms with Crippen LogP contribution in [0.1, 0.15) is 32.4 Å². The molecular formula is C26H23Cl2FN2O2S. The molecule has 0 aliphatic carbocycles. The highest BCUT2D eigenvalue weighted by molar-refractivity contribution is 7.99. The molecular weight excluding hydrogens is 494 g/mol. The van der Waals surface area contributed by atoms with Crippen molar-refractivity contribution in [2.24, 2.45) is 0 Å². The van der Waals surface area contributed by atoms with E-state index in [1.807, 2.05) is 25.1 Å². The first-order valence-corrected chi connectivity index (χ1v) is 12.6. The third kappa shape index (κ3) is 5.57. The van der Waals surface area contributed by atoms with Gasteiger partial charge in [0, 0.05) is 27.9 Å². The van der Waals surface area contributed by atoms with Gasteiger partial charge in [0.25, 0.3) is 5.91 Å². The number of nitrogens with zero attached hydrogens (tertiary/aromatic N) is 1. The summed E-state index contributed by atoms with van der Waals surface area (Å²) >= 11 is 13.7. The van der Waals surface area contributed by atoms with Crippen LogP contribution < -0.4 is 5.32 Å². The third-order valence-corrected chi connectivity index (χ3v) is 7.61. The fourth-order valence-corrected chi connectivity index (χ4v) is 5.78. The molecule has 0 spiro atoms. The van der Waals surface area contributed by atoms with Gasteiger partial charge >= 0.3 is 0 Å². The topological polar surface area (TPSA) is 49.4 Å². The highest BCUT2D eigenvalue weighted by Gasteiger charge is 2.42. The fraction of sp³-hybridized carbons (Fsp3) is 0.231. The first-order chi connectivity index (χ1) is 16.3. The summed E-state index contributed by atoms with van der Waals surface area (Å²) in [6, 6.07) is 17.9. The predicted molar refractivity (Wildman–Crippen MR) is 136 cm³/mol. The number of nitrogens with one attached hydrogen (secondary N) is 1. The molecule has 3 aromatic rings. The van der Waals surface area contributed by atoms with E-state index in [2.05, 4.69) is 5.32 Å². The standard InChI is InChI=1S/C26H23Cl2FN2O2S/c1-16-2-4-18(5-3-16)25(33)31-23(15-34-26(31)19-7-10-21(29)11-8-19)24(32)30-13-12-17-6-9-20(27)14-22(17)28/h2-11,14,23,26H,12-13,15H2,1H3,(H,30,32). The summed E-state index contributed by atoms with van der Waals surface area (Å²) < 4.78 is 13.5. The molecule has 1 heterocycles.